The lowest BCUT2D eigenvalue weighted by atomic mass is 10.4. The Balaban J connectivity index is 0.000000774. The summed E-state index contributed by atoms with van der Waals surface area (Å²) in [5, 5.41) is 4.31. The summed E-state index contributed by atoms with van der Waals surface area (Å²) in [5.41, 5.74) is 0. The van der Waals surface area contributed by atoms with Crippen LogP contribution in [0.15, 0.2) is 91.0 Å². The van der Waals surface area contributed by atoms with Gasteiger partial charge in [-0.3, -0.25) is 0 Å². The van der Waals surface area contributed by atoms with Crippen molar-refractivity contribution in [3.05, 3.63) is 91.0 Å². The Morgan fingerprint density at radius 2 is 0.714 bits per heavy atom. The second-order valence-electron chi connectivity index (χ2n) is 4.47. The molecule has 0 nitrogen and oxygen atoms in total. The van der Waals surface area contributed by atoms with Crippen molar-refractivity contribution in [3.63, 3.8) is 0 Å². The molecule has 3 aromatic rings. The van der Waals surface area contributed by atoms with Crippen LogP contribution < -0.4 is 15.9 Å². The summed E-state index contributed by atoms with van der Waals surface area (Å²) >= 11 is 2.15. The Morgan fingerprint density at radius 1 is 0.476 bits per heavy atom. The van der Waals surface area contributed by atoms with E-state index in [9.17, 15) is 0 Å². The van der Waals surface area contributed by atoms with Gasteiger partial charge in [0, 0.05) is 0 Å². The van der Waals surface area contributed by atoms with Gasteiger partial charge in [0.15, 0.2) is 0 Å². The van der Waals surface area contributed by atoms with E-state index in [2.05, 4.69) is 114 Å². The minimum absolute atomic E-state index is 0.877. The van der Waals surface area contributed by atoms with E-state index in [1.54, 1.807) is 0 Å². The molecule has 106 valence electrons. The maximum absolute atomic E-state index is 2.24. The van der Waals surface area contributed by atoms with Crippen LogP contribution in [0, 0.1) is 0 Å². The summed E-state index contributed by atoms with van der Waals surface area (Å²) in [7, 11) is -0.877. The van der Waals surface area contributed by atoms with Crippen molar-refractivity contribution in [3.8, 4) is 0 Å². The molecule has 0 bridgehead atoms. The third-order valence-electron chi connectivity index (χ3n) is 3.19. The molecule has 0 aliphatic rings. The summed E-state index contributed by atoms with van der Waals surface area (Å²) in [4.78, 5) is 1.97. The Hall–Kier alpha value is -1.18. The summed E-state index contributed by atoms with van der Waals surface area (Å²) in [6, 6.07) is 32.5. The van der Waals surface area contributed by atoms with Crippen molar-refractivity contribution in [2.45, 2.75) is 0 Å². The van der Waals surface area contributed by atoms with Gasteiger partial charge < -0.3 is 0 Å². The van der Waals surface area contributed by atoms with E-state index in [4.69, 9.17) is 0 Å². The Morgan fingerprint density at radius 3 is 0.952 bits per heavy atom. The summed E-state index contributed by atoms with van der Waals surface area (Å²) in [5.74, 6) is 0. The van der Waals surface area contributed by atoms with Crippen LogP contribution in [0.1, 0.15) is 0 Å². The number of hydrogen-bond donors (Lipinski definition) is 0. The maximum Gasteiger partial charge on any atom is 0.102 e. The van der Waals surface area contributed by atoms with E-state index in [0.717, 1.165) is 0 Å². The van der Waals surface area contributed by atoms with E-state index in [-0.39, 0.29) is 0 Å². The molecule has 3 rings (SSSR count). The molecule has 0 radical (unpaired) electrons. The number of hydrogen-bond acceptors (Lipinski definition) is 0. The topological polar surface area (TPSA) is 0 Å². The molecule has 0 saturated carbocycles. The fraction of sp³-hybridized carbons (Fsp3) is 0.0526. The predicted molar refractivity (Wildman–Crippen MR) is 106 cm³/mol. The second-order valence-corrected chi connectivity index (χ2v) is 6.96. The van der Waals surface area contributed by atoms with Gasteiger partial charge in [0.25, 0.3) is 0 Å². The third-order valence-corrected chi connectivity index (χ3v) is 5.92. The average Bonchev–Trinajstić information content (AvgIpc) is 2.60. The highest BCUT2D eigenvalue weighted by molar-refractivity contribution is 14.1. The smallest absolute Gasteiger partial charge is 0.0901 e. The first-order valence-corrected chi connectivity index (χ1v) is 10.5. The molecule has 2 heteroatoms. The highest BCUT2D eigenvalue weighted by Gasteiger charge is 2.24. The predicted octanol–water partition coefficient (Wildman–Crippen LogP) is 4.23. The van der Waals surface area contributed by atoms with Gasteiger partial charge in [0.05, 0.1) is 7.92 Å². The van der Waals surface area contributed by atoms with Gasteiger partial charge in [0.1, 0.15) is 15.9 Å². The van der Waals surface area contributed by atoms with Crippen molar-refractivity contribution in [1.82, 2.24) is 0 Å². The van der Waals surface area contributed by atoms with Crippen molar-refractivity contribution in [1.29, 1.82) is 0 Å². The summed E-state index contributed by atoms with van der Waals surface area (Å²) in [6.45, 7) is 0. The van der Waals surface area contributed by atoms with Crippen molar-refractivity contribution < 1.29 is 0 Å². The second kappa shape index (κ2) is 8.96. The molecule has 0 heterocycles. The molecule has 21 heavy (non-hydrogen) atoms. The first-order valence-electron chi connectivity index (χ1n) is 6.86. The monoisotopic (exact) mass is 405 g/mol. The first-order chi connectivity index (χ1) is 10.4. The Kier molecular flexibility index (Phi) is 6.91. The molecule has 0 atom stereocenters. The minimum atomic E-state index is -0.877. The first kappa shape index (κ1) is 16.2. The molecule has 0 spiro atoms. The zero-order valence-electron chi connectivity index (χ0n) is 12.0. The van der Waals surface area contributed by atoms with Crippen molar-refractivity contribution >= 4 is 46.4 Å². The van der Waals surface area contributed by atoms with E-state index < -0.39 is 7.92 Å². The minimum Gasteiger partial charge on any atom is -0.0901 e. The summed E-state index contributed by atoms with van der Waals surface area (Å²) in [6.07, 6.45) is 0. The molecule has 3 aromatic carbocycles. The zero-order valence-corrected chi connectivity index (χ0v) is 15.2. The molecular weight excluding hydrogens is 386 g/mol. The molecular formula is C19H19IP+. The molecule has 0 saturated heterocycles. The van der Waals surface area contributed by atoms with Gasteiger partial charge in [-0.1, -0.05) is 77.2 Å². The average molecular weight is 405 g/mol. The van der Waals surface area contributed by atoms with E-state index in [1.807, 2.05) is 4.93 Å². The lowest BCUT2D eigenvalue weighted by Gasteiger charge is -2.10. The molecule has 0 aromatic heterocycles. The lowest BCUT2D eigenvalue weighted by Crippen LogP contribution is -2.20. The number of halogens is 1. The normalized spacial score (nSPS) is 9.86. The molecule has 0 aliphatic heterocycles. The van der Waals surface area contributed by atoms with Gasteiger partial charge in [-0.2, -0.15) is 0 Å². The highest BCUT2D eigenvalue weighted by Crippen LogP contribution is 2.32. The third kappa shape index (κ3) is 4.39. The quantitative estimate of drug-likeness (QED) is 0.348. The Bertz CT molecular complexity index is 530. The fourth-order valence-electron chi connectivity index (χ4n) is 2.31. The van der Waals surface area contributed by atoms with Crippen LogP contribution in [0.3, 0.4) is 0 Å². The van der Waals surface area contributed by atoms with Crippen LogP contribution in [0.25, 0.3) is 0 Å². The van der Waals surface area contributed by atoms with E-state index in [1.165, 1.54) is 15.9 Å². The highest BCUT2D eigenvalue weighted by atomic mass is 127. The van der Waals surface area contributed by atoms with E-state index in [0.29, 0.717) is 0 Å². The fourth-order valence-corrected chi connectivity index (χ4v) is 4.89. The maximum atomic E-state index is 2.24. The van der Waals surface area contributed by atoms with Gasteiger partial charge in [0.2, 0.25) is 0 Å². The van der Waals surface area contributed by atoms with E-state index >= 15 is 0 Å². The van der Waals surface area contributed by atoms with Crippen molar-refractivity contribution in [2.75, 3.05) is 4.93 Å². The number of rotatable bonds is 3. The summed E-state index contributed by atoms with van der Waals surface area (Å²) < 4.78 is 0. The largest absolute Gasteiger partial charge is 0.102 e. The standard InChI is InChI=1S/C18H15P.CH3I/c1-4-10-16(11-5-1)19(17-12-6-2-7-13-17)18-14-8-3-9-15-18;1-2/h1-15H;1H3/p+1. The van der Waals surface area contributed by atoms with Crippen LogP contribution in [-0.4, -0.2) is 4.93 Å². The zero-order chi connectivity index (χ0) is 14.9. The number of benzene rings is 3. The SMILES string of the molecule is CI.c1ccc([PH+](c2ccccc2)c2ccccc2)cc1. The van der Waals surface area contributed by atoms with Gasteiger partial charge in [-0.15, -0.1) is 0 Å². The van der Waals surface area contributed by atoms with Gasteiger partial charge >= 0.3 is 0 Å². The lowest BCUT2D eigenvalue weighted by molar-refractivity contribution is 1.74. The van der Waals surface area contributed by atoms with Crippen LogP contribution in [0.4, 0.5) is 0 Å². The molecule has 0 unspecified atom stereocenters. The van der Waals surface area contributed by atoms with Crippen LogP contribution in [0.2, 0.25) is 0 Å². The van der Waals surface area contributed by atoms with Crippen LogP contribution in [0.5, 0.6) is 0 Å². The van der Waals surface area contributed by atoms with Crippen LogP contribution >= 0.6 is 30.5 Å². The van der Waals surface area contributed by atoms with Crippen molar-refractivity contribution in [2.24, 2.45) is 0 Å². The van der Waals surface area contributed by atoms with Gasteiger partial charge in [-0.05, 0) is 41.3 Å². The molecule has 0 amide bonds. The van der Waals surface area contributed by atoms with Gasteiger partial charge in [-0.25, -0.2) is 0 Å². The molecule has 0 fully saturated rings. The van der Waals surface area contributed by atoms with Crippen LogP contribution in [-0.2, 0) is 0 Å². The number of alkyl halides is 1. The Labute approximate surface area is 142 Å². The molecule has 0 aliphatic carbocycles. The molecule has 0 N–H and O–H groups in total.